The number of hydrogen-bond donors (Lipinski definition) is 0. The third kappa shape index (κ3) is 3.38. The Kier molecular flexibility index (Phi) is 4.75. The predicted molar refractivity (Wildman–Crippen MR) is 99.2 cm³/mol. The number of benzene rings is 2. The molecule has 0 bridgehead atoms. The number of nitrogens with zero attached hydrogens (tertiary/aromatic N) is 2. The number of aromatic nitrogens is 1. The zero-order chi connectivity index (χ0) is 16.9. The lowest BCUT2D eigenvalue weighted by Gasteiger charge is -2.20. The molecule has 0 radical (unpaired) electrons. The highest BCUT2D eigenvalue weighted by atomic mass is 16.3. The van der Waals surface area contributed by atoms with E-state index in [-0.39, 0.29) is 5.56 Å². The highest BCUT2D eigenvalue weighted by Gasteiger charge is 2.03. The van der Waals surface area contributed by atoms with E-state index in [0.29, 0.717) is 16.9 Å². The van der Waals surface area contributed by atoms with Gasteiger partial charge in [-0.3, -0.25) is 4.79 Å². The fraction of sp³-hybridized carbons (Fsp3) is 0.200. The Morgan fingerprint density at radius 2 is 1.71 bits per heavy atom. The van der Waals surface area contributed by atoms with E-state index in [1.165, 1.54) is 5.69 Å². The molecule has 4 nitrogen and oxygen atoms in total. The first-order valence-corrected chi connectivity index (χ1v) is 8.14. The van der Waals surface area contributed by atoms with E-state index >= 15 is 0 Å². The lowest BCUT2D eigenvalue weighted by molar-refractivity contribution is 0.563. The van der Waals surface area contributed by atoms with Crippen molar-refractivity contribution in [3.8, 4) is 0 Å². The molecule has 3 rings (SSSR count). The summed E-state index contributed by atoms with van der Waals surface area (Å²) in [4.78, 5) is 18.2. The summed E-state index contributed by atoms with van der Waals surface area (Å²) >= 11 is 0. The average Bonchev–Trinajstić information content (AvgIpc) is 2.62. The Labute approximate surface area is 141 Å². The number of rotatable bonds is 5. The highest BCUT2D eigenvalue weighted by molar-refractivity contribution is 5.76. The van der Waals surface area contributed by atoms with Gasteiger partial charge < -0.3 is 9.32 Å². The number of anilines is 1. The summed E-state index contributed by atoms with van der Waals surface area (Å²) in [7, 11) is 0. The molecule has 0 N–H and O–H groups in total. The SMILES string of the molecule is CCN(CC)c1ccc(/C=C/c2nc(=O)c3ccccc3o2)cc1. The first-order valence-electron chi connectivity index (χ1n) is 8.14. The van der Waals surface area contributed by atoms with E-state index in [2.05, 4.69) is 35.9 Å². The van der Waals surface area contributed by atoms with Gasteiger partial charge in [0.05, 0.1) is 5.39 Å². The van der Waals surface area contributed by atoms with E-state index in [1.54, 1.807) is 24.3 Å². The van der Waals surface area contributed by atoms with Crippen molar-refractivity contribution in [2.45, 2.75) is 13.8 Å². The van der Waals surface area contributed by atoms with Gasteiger partial charge in [-0.15, -0.1) is 0 Å². The quantitative estimate of drug-likeness (QED) is 0.706. The van der Waals surface area contributed by atoms with Gasteiger partial charge in [0.15, 0.2) is 0 Å². The topological polar surface area (TPSA) is 46.3 Å². The monoisotopic (exact) mass is 320 g/mol. The average molecular weight is 320 g/mol. The molecule has 24 heavy (non-hydrogen) atoms. The van der Waals surface area contributed by atoms with Crippen LogP contribution in [0.15, 0.2) is 57.7 Å². The summed E-state index contributed by atoms with van der Waals surface area (Å²) < 4.78 is 5.65. The maximum atomic E-state index is 12.0. The third-order valence-corrected chi connectivity index (χ3v) is 3.98. The minimum atomic E-state index is -0.270. The molecule has 0 saturated heterocycles. The summed E-state index contributed by atoms with van der Waals surface area (Å²) in [5.74, 6) is 0.312. The Bertz CT molecular complexity index is 907. The molecule has 2 aromatic carbocycles. The molecule has 0 saturated carbocycles. The van der Waals surface area contributed by atoms with E-state index in [1.807, 2.05) is 24.3 Å². The zero-order valence-electron chi connectivity index (χ0n) is 13.9. The first-order chi connectivity index (χ1) is 11.7. The van der Waals surface area contributed by atoms with Gasteiger partial charge in [-0.05, 0) is 49.8 Å². The van der Waals surface area contributed by atoms with Crippen LogP contribution < -0.4 is 10.5 Å². The summed E-state index contributed by atoms with van der Waals surface area (Å²) in [6.07, 6.45) is 3.62. The van der Waals surface area contributed by atoms with Crippen LogP contribution in [0.4, 0.5) is 5.69 Å². The Morgan fingerprint density at radius 3 is 2.42 bits per heavy atom. The second-order valence-corrected chi connectivity index (χ2v) is 5.45. The van der Waals surface area contributed by atoms with Crippen LogP contribution in [0.2, 0.25) is 0 Å². The summed E-state index contributed by atoms with van der Waals surface area (Å²) in [5, 5.41) is 0.498. The van der Waals surface area contributed by atoms with Crippen molar-refractivity contribution in [1.29, 1.82) is 0 Å². The molecular weight excluding hydrogens is 300 g/mol. The highest BCUT2D eigenvalue weighted by Crippen LogP contribution is 2.17. The molecule has 0 aliphatic rings. The zero-order valence-corrected chi connectivity index (χ0v) is 13.9. The van der Waals surface area contributed by atoms with Crippen LogP contribution in [0.3, 0.4) is 0 Å². The number of hydrogen-bond acceptors (Lipinski definition) is 4. The maximum absolute atomic E-state index is 12.0. The molecule has 1 aromatic heterocycles. The van der Waals surface area contributed by atoms with Crippen molar-refractivity contribution in [2.24, 2.45) is 0 Å². The van der Waals surface area contributed by atoms with E-state index in [0.717, 1.165) is 18.7 Å². The standard InChI is InChI=1S/C20H20N2O2/c1-3-22(4-2)16-12-9-15(10-13-16)11-14-19-21-20(23)17-7-5-6-8-18(17)24-19/h5-14H,3-4H2,1-2H3/b14-11+. The molecule has 0 aliphatic heterocycles. The second-order valence-electron chi connectivity index (χ2n) is 5.45. The van der Waals surface area contributed by atoms with Crippen LogP contribution in [0.5, 0.6) is 0 Å². The van der Waals surface area contributed by atoms with Crippen LogP contribution in [0, 0.1) is 0 Å². The number of fused-ring (bicyclic) bond motifs is 1. The Balaban J connectivity index is 1.84. The minimum Gasteiger partial charge on any atom is -0.438 e. The fourth-order valence-corrected chi connectivity index (χ4v) is 2.65. The normalized spacial score (nSPS) is 11.2. The van der Waals surface area contributed by atoms with Gasteiger partial charge in [0.1, 0.15) is 5.58 Å². The summed E-state index contributed by atoms with van der Waals surface area (Å²) in [5.41, 5.74) is 2.51. The first kappa shape index (κ1) is 16.0. The molecular formula is C20H20N2O2. The predicted octanol–water partition coefficient (Wildman–Crippen LogP) is 4.20. The summed E-state index contributed by atoms with van der Waals surface area (Å²) in [6.45, 7) is 6.26. The van der Waals surface area contributed by atoms with Crippen LogP contribution >= 0.6 is 0 Å². The van der Waals surface area contributed by atoms with Gasteiger partial charge in [0, 0.05) is 24.9 Å². The van der Waals surface area contributed by atoms with Gasteiger partial charge >= 0.3 is 0 Å². The molecule has 3 aromatic rings. The van der Waals surface area contributed by atoms with Gasteiger partial charge in [-0.1, -0.05) is 24.3 Å². The van der Waals surface area contributed by atoms with Gasteiger partial charge in [0.2, 0.25) is 5.89 Å². The van der Waals surface area contributed by atoms with E-state index in [4.69, 9.17) is 4.42 Å². The second kappa shape index (κ2) is 7.13. The summed E-state index contributed by atoms with van der Waals surface area (Å²) in [6, 6.07) is 15.4. The van der Waals surface area contributed by atoms with Crippen molar-refractivity contribution < 1.29 is 4.42 Å². The van der Waals surface area contributed by atoms with Crippen LogP contribution in [0.1, 0.15) is 25.3 Å². The van der Waals surface area contributed by atoms with Crippen molar-refractivity contribution in [1.82, 2.24) is 4.98 Å². The van der Waals surface area contributed by atoms with Crippen LogP contribution in [0.25, 0.3) is 23.1 Å². The Hall–Kier alpha value is -2.88. The lowest BCUT2D eigenvalue weighted by atomic mass is 10.2. The van der Waals surface area contributed by atoms with Crippen molar-refractivity contribution in [2.75, 3.05) is 18.0 Å². The number of para-hydroxylation sites is 1. The third-order valence-electron chi connectivity index (χ3n) is 3.98. The molecule has 122 valence electrons. The molecule has 1 heterocycles. The molecule has 0 atom stereocenters. The molecule has 0 fully saturated rings. The van der Waals surface area contributed by atoms with Crippen LogP contribution in [-0.2, 0) is 0 Å². The van der Waals surface area contributed by atoms with Gasteiger partial charge in [-0.25, -0.2) is 0 Å². The molecule has 0 unspecified atom stereocenters. The molecule has 0 spiro atoms. The molecule has 0 amide bonds. The maximum Gasteiger partial charge on any atom is 0.284 e. The van der Waals surface area contributed by atoms with Gasteiger partial charge in [-0.2, -0.15) is 4.98 Å². The fourth-order valence-electron chi connectivity index (χ4n) is 2.65. The smallest absolute Gasteiger partial charge is 0.284 e. The van der Waals surface area contributed by atoms with E-state index < -0.39 is 0 Å². The molecule has 4 heteroatoms. The van der Waals surface area contributed by atoms with Crippen LogP contribution in [-0.4, -0.2) is 18.1 Å². The van der Waals surface area contributed by atoms with E-state index in [9.17, 15) is 4.79 Å². The Morgan fingerprint density at radius 1 is 1.00 bits per heavy atom. The lowest BCUT2D eigenvalue weighted by Crippen LogP contribution is -2.21. The largest absolute Gasteiger partial charge is 0.438 e. The van der Waals surface area contributed by atoms with Gasteiger partial charge in [0.25, 0.3) is 5.56 Å². The minimum absolute atomic E-state index is 0.270. The van der Waals surface area contributed by atoms with Crippen molar-refractivity contribution >= 4 is 28.8 Å². The van der Waals surface area contributed by atoms with Crippen molar-refractivity contribution in [3.05, 3.63) is 70.3 Å². The van der Waals surface area contributed by atoms with Crippen molar-refractivity contribution in [3.63, 3.8) is 0 Å². The molecule has 0 aliphatic carbocycles.